The highest BCUT2D eigenvalue weighted by Crippen LogP contribution is 2.26. The highest BCUT2D eigenvalue weighted by Gasteiger charge is 2.38. The molecule has 7 heteroatoms. The van der Waals surface area contributed by atoms with Crippen LogP contribution in [-0.4, -0.2) is 65.4 Å². The van der Waals surface area contributed by atoms with Crippen molar-refractivity contribution in [3.05, 3.63) is 35.3 Å². The molecule has 0 unspecified atom stereocenters. The van der Waals surface area contributed by atoms with Gasteiger partial charge in [0, 0.05) is 42.7 Å². The molecule has 2 aliphatic heterocycles. The Bertz CT molecular complexity index is 822. The fourth-order valence-electron chi connectivity index (χ4n) is 4.15. The third-order valence-corrected chi connectivity index (χ3v) is 5.52. The molecule has 0 bridgehead atoms. The highest BCUT2D eigenvalue weighted by molar-refractivity contribution is 6.01. The summed E-state index contributed by atoms with van der Waals surface area (Å²) in [5, 5.41) is 12.9. The Kier molecular flexibility index (Phi) is 4.69. The molecule has 3 atom stereocenters. The Morgan fingerprint density at radius 1 is 1.46 bits per heavy atom. The lowest BCUT2D eigenvalue weighted by Gasteiger charge is -2.34. The average Bonchev–Trinajstić information content (AvgIpc) is 3.15. The van der Waals surface area contributed by atoms with Gasteiger partial charge in [-0.3, -0.25) is 9.69 Å². The zero-order chi connectivity index (χ0) is 18.3. The smallest absolute Gasteiger partial charge is 0.268 e. The van der Waals surface area contributed by atoms with Crippen molar-refractivity contribution in [3.8, 4) is 0 Å². The van der Waals surface area contributed by atoms with Gasteiger partial charge in [-0.05, 0) is 43.5 Å². The zero-order valence-electron chi connectivity index (χ0n) is 14.8. The molecule has 0 radical (unpaired) electrons. The number of rotatable bonds is 4. The number of aryl methyl sites for hydroxylation is 1. The molecule has 1 aromatic carbocycles. The number of nitrogens with one attached hydrogen (secondary N) is 2. The summed E-state index contributed by atoms with van der Waals surface area (Å²) < 4.78 is 19.2. The van der Waals surface area contributed by atoms with E-state index in [-0.39, 0.29) is 30.5 Å². The minimum atomic E-state index is -0.309. The van der Waals surface area contributed by atoms with E-state index in [1.165, 1.54) is 12.1 Å². The lowest BCUT2D eigenvalue weighted by atomic mass is 10.1. The predicted molar refractivity (Wildman–Crippen MR) is 95.7 cm³/mol. The minimum absolute atomic E-state index is 0.0616. The Hall–Kier alpha value is -1.96. The van der Waals surface area contributed by atoms with E-state index in [1.807, 2.05) is 6.92 Å². The predicted octanol–water partition coefficient (Wildman–Crippen LogP) is 1.57. The number of aliphatic hydroxyl groups excluding tert-OH is 1. The summed E-state index contributed by atoms with van der Waals surface area (Å²) in [6.07, 6.45) is 1.56. The van der Waals surface area contributed by atoms with Crippen molar-refractivity contribution in [3.63, 3.8) is 0 Å². The van der Waals surface area contributed by atoms with E-state index in [4.69, 9.17) is 9.84 Å². The first-order valence-corrected chi connectivity index (χ1v) is 9.10. The lowest BCUT2D eigenvalue weighted by molar-refractivity contribution is -0.0566. The summed E-state index contributed by atoms with van der Waals surface area (Å²) in [4.78, 5) is 18.2. The number of aromatic amines is 1. The van der Waals surface area contributed by atoms with Crippen LogP contribution in [0.15, 0.2) is 18.2 Å². The average molecular weight is 361 g/mol. The maximum absolute atomic E-state index is 13.5. The molecule has 26 heavy (non-hydrogen) atoms. The van der Waals surface area contributed by atoms with Crippen LogP contribution in [0.4, 0.5) is 4.39 Å². The van der Waals surface area contributed by atoms with Gasteiger partial charge in [-0.1, -0.05) is 0 Å². The van der Waals surface area contributed by atoms with E-state index in [9.17, 15) is 9.18 Å². The van der Waals surface area contributed by atoms with Gasteiger partial charge in [-0.2, -0.15) is 0 Å². The molecule has 1 aromatic heterocycles. The molecule has 3 heterocycles. The van der Waals surface area contributed by atoms with Gasteiger partial charge < -0.3 is 20.1 Å². The van der Waals surface area contributed by atoms with Crippen molar-refractivity contribution < 1.29 is 19.0 Å². The number of aliphatic hydroxyl groups is 1. The number of aromatic nitrogens is 1. The first kappa shape index (κ1) is 17.5. The minimum Gasteiger partial charge on any atom is -0.396 e. The normalized spacial score (nSPS) is 26.2. The molecule has 0 saturated carbocycles. The van der Waals surface area contributed by atoms with E-state index in [2.05, 4.69) is 15.2 Å². The summed E-state index contributed by atoms with van der Waals surface area (Å²) in [6, 6.07) is 4.87. The van der Waals surface area contributed by atoms with Crippen LogP contribution in [0.25, 0.3) is 10.9 Å². The number of fused-ring (bicyclic) bond motifs is 2. The second-order valence-corrected chi connectivity index (χ2v) is 7.30. The maximum atomic E-state index is 13.5. The van der Waals surface area contributed by atoms with E-state index >= 15 is 0 Å². The number of benzene rings is 1. The number of morpholine rings is 1. The van der Waals surface area contributed by atoms with Crippen molar-refractivity contribution in [1.29, 1.82) is 0 Å². The summed E-state index contributed by atoms with van der Waals surface area (Å²) in [6.45, 7) is 4.18. The van der Waals surface area contributed by atoms with Gasteiger partial charge in [-0.25, -0.2) is 4.39 Å². The van der Waals surface area contributed by atoms with Crippen molar-refractivity contribution in [2.75, 3.05) is 26.3 Å². The van der Waals surface area contributed by atoms with E-state index in [1.54, 1.807) is 6.07 Å². The Labute approximate surface area is 151 Å². The summed E-state index contributed by atoms with van der Waals surface area (Å²) >= 11 is 0. The fraction of sp³-hybridized carbons (Fsp3) is 0.526. The van der Waals surface area contributed by atoms with Gasteiger partial charge in [-0.15, -0.1) is 0 Å². The first-order chi connectivity index (χ1) is 12.5. The molecular formula is C19H24FN3O3. The molecule has 6 nitrogen and oxygen atoms in total. The van der Waals surface area contributed by atoms with Gasteiger partial charge in [0.1, 0.15) is 11.5 Å². The molecule has 140 valence electrons. The van der Waals surface area contributed by atoms with Crippen LogP contribution in [0.3, 0.4) is 0 Å². The number of halogens is 1. The van der Waals surface area contributed by atoms with E-state index in [0.29, 0.717) is 24.8 Å². The Morgan fingerprint density at radius 3 is 3.12 bits per heavy atom. The fourth-order valence-corrected chi connectivity index (χ4v) is 4.15. The number of carbonyl (C=O) groups excluding carboxylic acids is 1. The van der Waals surface area contributed by atoms with Gasteiger partial charge in [0.15, 0.2) is 0 Å². The molecule has 2 saturated heterocycles. The van der Waals surface area contributed by atoms with Crippen LogP contribution >= 0.6 is 0 Å². The number of ether oxygens (including phenoxy) is 1. The van der Waals surface area contributed by atoms with Gasteiger partial charge in [0.05, 0.1) is 12.7 Å². The summed E-state index contributed by atoms with van der Waals surface area (Å²) in [5.74, 6) is -0.464. The SMILES string of the molecule is Cc1c(C(=O)N[C@@H]2C[C@H]3CO[C@@H](CCO)CN3C2)[nH]c2ccc(F)cc12. The van der Waals surface area contributed by atoms with E-state index < -0.39 is 0 Å². The molecule has 3 N–H and O–H groups in total. The molecule has 1 amide bonds. The monoisotopic (exact) mass is 361 g/mol. The van der Waals surface area contributed by atoms with Crippen LogP contribution < -0.4 is 5.32 Å². The summed E-state index contributed by atoms with van der Waals surface area (Å²) in [7, 11) is 0. The standard InChI is InChI=1S/C19H24FN3O3/c1-11-16-6-12(20)2-3-17(16)22-18(11)19(25)21-13-7-14-10-26-15(4-5-24)9-23(14)8-13/h2-3,6,13-15,22,24H,4-5,7-10H2,1H3,(H,21,25)/t13-,14+,15+/m1/s1. The third-order valence-electron chi connectivity index (χ3n) is 5.52. The van der Waals surface area contributed by atoms with Crippen LogP contribution in [0, 0.1) is 12.7 Å². The number of carbonyl (C=O) groups is 1. The number of H-pyrrole nitrogens is 1. The number of amides is 1. The molecule has 2 fully saturated rings. The van der Waals surface area contributed by atoms with Crippen LogP contribution in [0.2, 0.25) is 0 Å². The number of hydrogen-bond donors (Lipinski definition) is 3. The van der Waals surface area contributed by atoms with Gasteiger partial charge in [0.25, 0.3) is 5.91 Å². The van der Waals surface area contributed by atoms with Crippen LogP contribution in [0.1, 0.15) is 28.9 Å². The summed E-state index contributed by atoms with van der Waals surface area (Å²) in [5.41, 5.74) is 2.02. The highest BCUT2D eigenvalue weighted by atomic mass is 19.1. The van der Waals surface area contributed by atoms with Crippen molar-refractivity contribution in [2.24, 2.45) is 0 Å². The molecule has 2 aromatic rings. The Balaban J connectivity index is 1.44. The lowest BCUT2D eigenvalue weighted by Crippen LogP contribution is -2.46. The third kappa shape index (κ3) is 3.22. The second-order valence-electron chi connectivity index (χ2n) is 7.30. The maximum Gasteiger partial charge on any atom is 0.268 e. The first-order valence-electron chi connectivity index (χ1n) is 9.10. The molecule has 2 aliphatic rings. The van der Waals surface area contributed by atoms with Crippen LogP contribution in [-0.2, 0) is 4.74 Å². The topological polar surface area (TPSA) is 77.6 Å². The zero-order valence-corrected chi connectivity index (χ0v) is 14.8. The largest absolute Gasteiger partial charge is 0.396 e. The molecular weight excluding hydrogens is 337 g/mol. The van der Waals surface area contributed by atoms with Gasteiger partial charge in [0.2, 0.25) is 0 Å². The molecule has 4 rings (SSSR count). The Morgan fingerprint density at radius 2 is 2.31 bits per heavy atom. The van der Waals surface area contributed by atoms with Gasteiger partial charge >= 0.3 is 0 Å². The van der Waals surface area contributed by atoms with E-state index in [0.717, 1.165) is 36.0 Å². The molecule has 0 aliphatic carbocycles. The van der Waals surface area contributed by atoms with Crippen molar-refractivity contribution in [1.82, 2.24) is 15.2 Å². The van der Waals surface area contributed by atoms with Crippen LogP contribution in [0.5, 0.6) is 0 Å². The second kappa shape index (κ2) is 6.98. The van der Waals surface area contributed by atoms with Crippen molar-refractivity contribution >= 4 is 16.8 Å². The molecule has 0 spiro atoms. The number of hydrogen-bond acceptors (Lipinski definition) is 4. The van der Waals surface area contributed by atoms with Crippen molar-refractivity contribution in [2.45, 2.75) is 38.0 Å². The quantitative estimate of drug-likeness (QED) is 0.773. The number of nitrogens with zero attached hydrogens (tertiary/aromatic N) is 1.